The lowest BCUT2D eigenvalue weighted by Crippen LogP contribution is -2.27. The first kappa shape index (κ1) is 9.53. The van der Waals surface area contributed by atoms with Gasteiger partial charge in [0, 0.05) is 6.04 Å². The highest BCUT2D eigenvalue weighted by molar-refractivity contribution is 5.30. The van der Waals surface area contributed by atoms with Crippen LogP contribution >= 0.6 is 0 Å². The third-order valence-corrected chi connectivity index (χ3v) is 2.62. The summed E-state index contributed by atoms with van der Waals surface area (Å²) in [5.74, 6) is 0.921. The lowest BCUT2D eigenvalue weighted by molar-refractivity contribution is 0.414. The molecule has 1 aliphatic rings. The van der Waals surface area contributed by atoms with E-state index in [-0.39, 0.29) is 0 Å². The van der Waals surface area contributed by atoms with Gasteiger partial charge in [0.25, 0.3) is 0 Å². The summed E-state index contributed by atoms with van der Waals surface area (Å²) in [6.07, 6.45) is 4.81. The maximum absolute atomic E-state index is 5.13. The molecule has 0 amide bonds. The summed E-state index contributed by atoms with van der Waals surface area (Å²) in [5, 5.41) is 3.48. The van der Waals surface area contributed by atoms with Crippen molar-refractivity contribution in [1.82, 2.24) is 5.32 Å². The molecule has 0 bridgehead atoms. The van der Waals surface area contributed by atoms with Crippen LogP contribution in [-0.2, 0) is 0 Å². The molecule has 0 saturated carbocycles. The van der Waals surface area contributed by atoms with Gasteiger partial charge in [-0.1, -0.05) is 12.1 Å². The number of hydrogen-bond acceptors (Lipinski definition) is 2. The predicted molar refractivity (Wildman–Crippen MR) is 57.3 cm³/mol. The maximum Gasteiger partial charge on any atom is 0.118 e. The van der Waals surface area contributed by atoms with E-state index in [0.717, 1.165) is 12.3 Å². The summed E-state index contributed by atoms with van der Waals surface area (Å²) in [7, 11) is 1.69. The summed E-state index contributed by atoms with van der Waals surface area (Å²) in [4.78, 5) is 0. The zero-order valence-corrected chi connectivity index (χ0v) is 8.49. The highest BCUT2D eigenvalue weighted by Crippen LogP contribution is 2.23. The molecule has 1 unspecified atom stereocenters. The van der Waals surface area contributed by atoms with Crippen LogP contribution in [0.25, 0.3) is 0 Å². The Labute approximate surface area is 85.3 Å². The zero-order chi connectivity index (χ0) is 9.80. The number of ether oxygens (including phenoxy) is 1. The Morgan fingerprint density at radius 3 is 2.64 bits per heavy atom. The van der Waals surface area contributed by atoms with E-state index >= 15 is 0 Å². The quantitative estimate of drug-likeness (QED) is 0.772. The first-order valence-electron chi connectivity index (χ1n) is 5.11. The fourth-order valence-corrected chi connectivity index (χ4v) is 1.79. The molecule has 2 heteroatoms. The van der Waals surface area contributed by atoms with E-state index in [1.807, 2.05) is 12.1 Å². The highest BCUT2D eigenvalue weighted by Gasteiger charge is 2.14. The second kappa shape index (κ2) is 4.47. The smallest absolute Gasteiger partial charge is 0.118 e. The van der Waals surface area contributed by atoms with Crippen LogP contribution in [0.15, 0.2) is 24.3 Å². The number of benzene rings is 1. The van der Waals surface area contributed by atoms with Gasteiger partial charge in [0.2, 0.25) is 0 Å². The normalized spacial score (nSPS) is 21.9. The lowest BCUT2D eigenvalue weighted by Gasteiger charge is -2.23. The van der Waals surface area contributed by atoms with Crippen molar-refractivity contribution in [2.24, 2.45) is 0 Å². The van der Waals surface area contributed by atoms with E-state index in [1.54, 1.807) is 7.11 Å². The monoisotopic (exact) mass is 190 g/mol. The molecule has 1 aromatic rings. The number of rotatable bonds is 2. The van der Waals surface area contributed by atoms with Crippen molar-refractivity contribution < 1.29 is 4.74 Å². The van der Waals surface area contributed by atoms with Gasteiger partial charge in [-0.25, -0.2) is 0 Å². The van der Waals surface area contributed by atoms with Crippen molar-refractivity contribution in [3.05, 3.63) is 36.2 Å². The summed E-state index contributed by atoms with van der Waals surface area (Å²) in [6, 6.07) is 8.70. The fourth-order valence-electron chi connectivity index (χ4n) is 1.79. The van der Waals surface area contributed by atoms with Gasteiger partial charge in [-0.15, -0.1) is 0 Å². The highest BCUT2D eigenvalue weighted by atomic mass is 16.5. The molecular formula is C12H16NO. The molecule has 1 radical (unpaired) electrons. The molecule has 0 aromatic heterocycles. The van der Waals surface area contributed by atoms with Crippen LogP contribution in [0.4, 0.5) is 0 Å². The third kappa shape index (κ3) is 2.07. The molecule has 2 rings (SSSR count). The van der Waals surface area contributed by atoms with Crippen LogP contribution in [-0.4, -0.2) is 13.7 Å². The Kier molecular flexibility index (Phi) is 3.04. The number of piperidine rings is 1. The standard InChI is InChI=1S/C12H16NO/c1-14-11-7-5-10(6-8-11)12-4-2-3-9-13-12/h4-8,12-13H,2-3,9H2,1H3. The van der Waals surface area contributed by atoms with Crippen LogP contribution in [0.5, 0.6) is 5.75 Å². The van der Waals surface area contributed by atoms with Gasteiger partial charge in [0.15, 0.2) is 0 Å². The van der Waals surface area contributed by atoms with Crippen LogP contribution in [0.1, 0.15) is 24.4 Å². The Hall–Kier alpha value is -1.02. The Morgan fingerprint density at radius 2 is 2.07 bits per heavy atom. The molecule has 0 aliphatic carbocycles. The van der Waals surface area contributed by atoms with Gasteiger partial charge < -0.3 is 10.1 Å². The molecule has 75 valence electrons. The lowest BCUT2D eigenvalue weighted by atomic mass is 9.98. The summed E-state index contributed by atoms with van der Waals surface area (Å²) in [5.41, 5.74) is 1.32. The van der Waals surface area contributed by atoms with E-state index in [2.05, 4.69) is 23.9 Å². The minimum absolute atomic E-state index is 0.426. The van der Waals surface area contributed by atoms with Crippen molar-refractivity contribution in [2.45, 2.75) is 18.9 Å². The molecule has 0 spiro atoms. The molecule has 1 aliphatic heterocycles. The van der Waals surface area contributed by atoms with Gasteiger partial charge in [0.05, 0.1) is 7.11 Å². The second-order valence-corrected chi connectivity index (χ2v) is 3.58. The zero-order valence-electron chi connectivity index (χ0n) is 8.49. The molecule has 1 heterocycles. The van der Waals surface area contributed by atoms with Crippen LogP contribution in [0, 0.1) is 6.42 Å². The maximum atomic E-state index is 5.13. The fraction of sp³-hybridized carbons (Fsp3) is 0.417. The summed E-state index contributed by atoms with van der Waals surface area (Å²) < 4.78 is 5.13. The van der Waals surface area contributed by atoms with E-state index in [0.29, 0.717) is 6.04 Å². The first-order chi connectivity index (χ1) is 6.90. The summed E-state index contributed by atoms with van der Waals surface area (Å²) in [6.45, 7) is 1.12. The van der Waals surface area contributed by atoms with Crippen molar-refractivity contribution in [2.75, 3.05) is 13.7 Å². The van der Waals surface area contributed by atoms with Gasteiger partial charge >= 0.3 is 0 Å². The Morgan fingerprint density at radius 1 is 1.29 bits per heavy atom. The van der Waals surface area contributed by atoms with Crippen LogP contribution in [0.3, 0.4) is 0 Å². The van der Waals surface area contributed by atoms with Gasteiger partial charge in [0.1, 0.15) is 5.75 Å². The number of methoxy groups -OCH3 is 1. The molecule has 1 atom stereocenters. The van der Waals surface area contributed by atoms with E-state index in [4.69, 9.17) is 4.74 Å². The minimum atomic E-state index is 0.426. The van der Waals surface area contributed by atoms with E-state index < -0.39 is 0 Å². The van der Waals surface area contributed by atoms with Gasteiger partial charge in [-0.2, -0.15) is 0 Å². The van der Waals surface area contributed by atoms with Crippen molar-refractivity contribution in [3.63, 3.8) is 0 Å². The molecule has 2 nitrogen and oxygen atoms in total. The van der Waals surface area contributed by atoms with Crippen LogP contribution < -0.4 is 10.1 Å². The second-order valence-electron chi connectivity index (χ2n) is 3.58. The average molecular weight is 190 g/mol. The van der Waals surface area contributed by atoms with E-state index in [9.17, 15) is 0 Å². The van der Waals surface area contributed by atoms with Crippen molar-refractivity contribution >= 4 is 0 Å². The SMILES string of the molecule is COc1ccc(C2[CH]CCCN2)cc1. The predicted octanol–water partition coefficient (Wildman–Crippen LogP) is 2.32. The molecule has 1 fully saturated rings. The Bertz CT molecular complexity index is 275. The Balaban J connectivity index is 2.07. The van der Waals surface area contributed by atoms with Crippen LogP contribution in [0.2, 0.25) is 0 Å². The third-order valence-electron chi connectivity index (χ3n) is 2.62. The van der Waals surface area contributed by atoms with Gasteiger partial charge in [-0.3, -0.25) is 0 Å². The molecule has 1 N–H and O–H groups in total. The largest absolute Gasteiger partial charge is 0.497 e. The first-order valence-corrected chi connectivity index (χ1v) is 5.11. The van der Waals surface area contributed by atoms with E-state index in [1.165, 1.54) is 18.4 Å². The topological polar surface area (TPSA) is 21.3 Å². The van der Waals surface area contributed by atoms with Crippen molar-refractivity contribution in [1.29, 1.82) is 0 Å². The average Bonchev–Trinajstić information content (AvgIpc) is 2.30. The van der Waals surface area contributed by atoms with Gasteiger partial charge in [-0.05, 0) is 43.5 Å². The molecular weight excluding hydrogens is 174 g/mol. The number of hydrogen-bond donors (Lipinski definition) is 1. The molecule has 14 heavy (non-hydrogen) atoms. The minimum Gasteiger partial charge on any atom is -0.497 e. The molecule has 1 saturated heterocycles. The molecule has 1 aromatic carbocycles. The number of nitrogens with one attached hydrogen (secondary N) is 1. The van der Waals surface area contributed by atoms with Crippen molar-refractivity contribution in [3.8, 4) is 5.75 Å². The summed E-state index contributed by atoms with van der Waals surface area (Å²) >= 11 is 0.